The second-order valence-electron chi connectivity index (χ2n) is 5.18. The van der Waals surface area contributed by atoms with E-state index in [1.807, 2.05) is 11.3 Å². The summed E-state index contributed by atoms with van der Waals surface area (Å²) in [4.78, 5) is 7.85. The molecule has 0 spiro atoms. The number of thiophene rings is 1. The van der Waals surface area contributed by atoms with E-state index >= 15 is 0 Å². The normalized spacial score (nSPS) is 19.8. The molecule has 2 rings (SSSR count). The monoisotopic (exact) mass is 345 g/mol. The van der Waals surface area contributed by atoms with Crippen LogP contribution in [0.1, 0.15) is 29.1 Å². The Morgan fingerprint density at radius 2 is 2.05 bits per heavy atom. The Morgan fingerprint density at radius 3 is 2.53 bits per heavy atom. The smallest absolute Gasteiger partial charge is 0.0565 e. The first-order valence-electron chi connectivity index (χ1n) is 7.08. The molecule has 0 aliphatic carbocycles. The summed E-state index contributed by atoms with van der Waals surface area (Å²) in [6.07, 6.45) is 1.25. The highest BCUT2D eigenvalue weighted by Gasteiger charge is 2.25. The molecule has 19 heavy (non-hydrogen) atoms. The molecule has 1 aromatic heterocycles. The third kappa shape index (κ3) is 3.79. The molecule has 1 fully saturated rings. The van der Waals surface area contributed by atoms with Gasteiger partial charge in [-0.3, -0.25) is 4.90 Å². The summed E-state index contributed by atoms with van der Waals surface area (Å²) in [5.41, 5.74) is 6.02. The number of piperazine rings is 1. The third-order valence-corrected chi connectivity index (χ3v) is 6.05. The van der Waals surface area contributed by atoms with Crippen LogP contribution in [0.15, 0.2) is 10.5 Å². The first-order valence-corrected chi connectivity index (χ1v) is 8.69. The van der Waals surface area contributed by atoms with Crippen LogP contribution in [-0.4, -0.2) is 49.1 Å². The summed E-state index contributed by atoms with van der Waals surface area (Å²) < 4.78 is 1.22. The largest absolute Gasteiger partial charge is 0.329 e. The van der Waals surface area contributed by atoms with Gasteiger partial charge in [-0.2, -0.15) is 0 Å². The number of aryl methyl sites for hydroxylation is 1. The van der Waals surface area contributed by atoms with Crippen LogP contribution in [0, 0.1) is 6.92 Å². The third-order valence-electron chi connectivity index (χ3n) is 3.82. The van der Waals surface area contributed by atoms with Crippen LogP contribution in [0.3, 0.4) is 0 Å². The van der Waals surface area contributed by atoms with E-state index < -0.39 is 0 Å². The standard InChI is InChI=1S/C14H24BrN3S/c1-3-4-17-5-7-18(8-6-17)13(10-16)14-9-12(15)11(2)19-14/h9,13H,3-8,10,16H2,1-2H3. The maximum absolute atomic E-state index is 6.02. The highest BCUT2D eigenvalue weighted by atomic mass is 79.9. The molecule has 0 amide bonds. The number of hydrogen-bond donors (Lipinski definition) is 1. The molecule has 1 aliphatic rings. The van der Waals surface area contributed by atoms with E-state index in [-0.39, 0.29) is 0 Å². The van der Waals surface area contributed by atoms with E-state index in [4.69, 9.17) is 5.73 Å². The molecule has 108 valence electrons. The van der Waals surface area contributed by atoms with Gasteiger partial charge >= 0.3 is 0 Å². The van der Waals surface area contributed by atoms with E-state index in [0.717, 1.165) is 13.1 Å². The van der Waals surface area contributed by atoms with Gasteiger partial charge in [0.1, 0.15) is 0 Å². The van der Waals surface area contributed by atoms with Crippen molar-refractivity contribution in [3.05, 3.63) is 20.3 Å². The van der Waals surface area contributed by atoms with Crippen LogP contribution < -0.4 is 5.73 Å². The van der Waals surface area contributed by atoms with Crippen LogP contribution in [0.4, 0.5) is 0 Å². The van der Waals surface area contributed by atoms with E-state index in [1.54, 1.807) is 0 Å². The van der Waals surface area contributed by atoms with E-state index in [0.29, 0.717) is 12.6 Å². The van der Waals surface area contributed by atoms with Crippen molar-refractivity contribution in [3.63, 3.8) is 0 Å². The highest BCUT2D eigenvalue weighted by Crippen LogP contribution is 2.33. The second-order valence-corrected chi connectivity index (χ2v) is 7.32. The van der Waals surface area contributed by atoms with Crippen molar-refractivity contribution in [2.24, 2.45) is 5.73 Å². The van der Waals surface area contributed by atoms with Gasteiger partial charge in [-0.25, -0.2) is 0 Å². The SMILES string of the molecule is CCCN1CCN(C(CN)c2cc(Br)c(C)s2)CC1. The minimum atomic E-state index is 0.388. The molecule has 0 radical (unpaired) electrons. The number of hydrogen-bond acceptors (Lipinski definition) is 4. The van der Waals surface area contributed by atoms with E-state index in [2.05, 4.69) is 45.6 Å². The molecule has 2 heterocycles. The van der Waals surface area contributed by atoms with Gasteiger partial charge in [-0.1, -0.05) is 6.92 Å². The summed E-state index contributed by atoms with van der Waals surface area (Å²) >= 11 is 5.48. The maximum Gasteiger partial charge on any atom is 0.0565 e. The lowest BCUT2D eigenvalue weighted by Gasteiger charge is -2.38. The first kappa shape index (κ1) is 15.4. The number of halogens is 1. The van der Waals surface area contributed by atoms with Crippen LogP contribution in [0.25, 0.3) is 0 Å². The van der Waals surface area contributed by atoms with Gasteiger partial charge in [0.05, 0.1) is 6.04 Å². The van der Waals surface area contributed by atoms with Crippen molar-refractivity contribution in [2.75, 3.05) is 39.3 Å². The fraction of sp³-hybridized carbons (Fsp3) is 0.714. The molecular formula is C14H24BrN3S. The molecule has 1 unspecified atom stereocenters. The number of nitrogens with zero attached hydrogens (tertiary/aromatic N) is 2. The molecule has 3 nitrogen and oxygen atoms in total. The van der Waals surface area contributed by atoms with Gasteiger partial charge in [-0.15, -0.1) is 11.3 Å². The average Bonchev–Trinajstić information content (AvgIpc) is 2.73. The molecule has 0 saturated carbocycles. The molecule has 1 aromatic rings. The van der Waals surface area contributed by atoms with Crippen LogP contribution in [0.5, 0.6) is 0 Å². The Labute approximate surface area is 128 Å². The van der Waals surface area contributed by atoms with Crippen molar-refractivity contribution in [1.29, 1.82) is 0 Å². The Hall–Kier alpha value is 0.0600. The van der Waals surface area contributed by atoms with Crippen molar-refractivity contribution in [1.82, 2.24) is 9.80 Å². The summed E-state index contributed by atoms with van der Waals surface area (Å²) in [6.45, 7) is 11.0. The lowest BCUT2D eigenvalue weighted by Crippen LogP contribution is -2.48. The molecule has 0 bridgehead atoms. The van der Waals surface area contributed by atoms with Crippen LogP contribution >= 0.6 is 27.3 Å². The molecular weight excluding hydrogens is 322 g/mol. The molecule has 1 atom stereocenters. The van der Waals surface area contributed by atoms with Crippen LogP contribution in [0.2, 0.25) is 0 Å². The highest BCUT2D eigenvalue weighted by molar-refractivity contribution is 9.10. The molecule has 2 N–H and O–H groups in total. The number of rotatable bonds is 5. The summed E-state index contributed by atoms with van der Waals surface area (Å²) in [6, 6.07) is 2.63. The molecule has 0 aromatic carbocycles. The van der Waals surface area contributed by atoms with Gasteiger partial charge < -0.3 is 10.6 Å². The quantitative estimate of drug-likeness (QED) is 0.890. The number of nitrogens with two attached hydrogens (primary N) is 1. The first-order chi connectivity index (χ1) is 9.15. The predicted molar refractivity (Wildman–Crippen MR) is 86.9 cm³/mol. The van der Waals surface area contributed by atoms with Crippen molar-refractivity contribution < 1.29 is 0 Å². The summed E-state index contributed by atoms with van der Waals surface area (Å²) in [5, 5.41) is 0. The molecule has 1 saturated heterocycles. The lowest BCUT2D eigenvalue weighted by molar-refractivity contribution is 0.0998. The van der Waals surface area contributed by atoms with Crippen molar-refractivity contribution in [2.45, 2.75) is 26.3 Å². The minimum Gasteiger partial charge on any atom is -0.329 e. The zero-order valence-corrected chi connectivity index (χ0v) is 14.3. The minimum absolute atomic E-state index is 0.388. The zero-order valence-electron chi connectivity index (χ0n) is 11.9. The molecule has 5 heteroatoms. The van der Waals surface area contributed by atoms with E-state index in [1.165, 1.54) is 40.3 Å². The van der Waals surface area contributed by atoms with Gasteiger partial charge in [0.25, 0.3) is 0 Å². The summed E-state index contributed by atoms with van der Waals surface area (Å²) in [5.74, 6) is 0. The Kier molecular flexibility index (Phi) is 5.84. The van der Waals surface area contributed by atoms with Gasteiger partial charge in [-0.05, 0) is 41.9 Å². The van der Waals surface area contributed by atoms with Gasteiger partial charge in [0.15, 0.2) is 0 Å². The fourth-order valence-corrected chi connectivity index (χ4v) is 4.41. The molecule has 1 aliphatic heterocycles. The Balaban J connectivity index is 1.99. The van der Waals surface area contributed by atoms with E-state index in [9.17, 15) is 0 Å². The fourth-order valence-electron chi connectivity index (χ4n) is 2.71. The van der Waals surface area contributed by atoms with Crippen LogP contribution in [-0.2, 0) is 0 Å². The maximum atomic E-state index is 6.02. The Bertz CT molecular complexity index is 380. The average molecular weight is 346 g/mol. The predicted octanol–water partition coefficient (Wildman–Crippen LogP) is 2.85. The van der Waals surface area contributed by atoms with Crippen molar-refractivity contribution >= 4 is 27.3 Å². The topological polar surface area (TPSA) is 32.5 Å². The Morgan fingerprint density at radius 1 is 1.37 bits per heavy atom. The summed E-state index contributed by atoms with van der Waals surface area (Å²) in [7, 11) is 0. The second kappa shape index (κ2) is 7.18. The van der Waals surface area contributed by atoms with Gasteiger partial charge in [0, 0.05) is 47.0 Å². The zero-order chi connectivity index (χ0) is 13.8. The lowest BCUT2D eigenvalue weighted by atomic mass is 10.1. The van der Waals surface area contributed by atoms with Crippen molar-refractivity contribution in [3.8, 4) is 0 Å². The van der Waals surface area contributed by atoms with Gasteiger partial charge in [0.2, 0.25) is 0 Å².